The first-order chi connectivity index (χ1) is 11.0. The molecular formula is C16H15ClN2O4. The van der Waals surface area contributed by atoms with Gasteiger partial charge in [0, 0.05) is 5.02 Å². The lowest BCUT2D eigenvalue weighted by Crippen LogP contribution is -2.16. The summed E-state index contributed by atoms with van der Waals surface area (Å²) in [7, 11) is 1.48. The third-order valence-corrected chi connectivity index (χ3v) is 3.11. The maximum absolute atomic E-state index is 12.3. The highest BCUT2D eigenvalue weighted by Gasteiger charge is 2.15. The Balaban J connectivity index is 2.23. The molecule has 6 nitrogen and oxygen atoms in total. The first kappa shape index (κ1) is 16.8. The second kappa shape index (κ2) is 7.60. The molecule has 0 aliphatic rings. The van der Waals surface area contributed by atoms with Crippen LogP contribution in [0.4, 0.5) is 5.69 Å². The summed E-state index contributed by atoms with van der Waals surface area (Å²) in [5.74, 6) is -0.608. The van der Waals surface area contributed by atoms with E-state index in [-0.39, 0.29) is 18.0 Å². The number of anilines is 1. The molecule has 0 spiro atoms. The zero-order chi connectivity index (χ0) is 16.8. The van der Waals surface area contributed by atoms with Gasteiger partial charge in [-0.2, -0.15) is 0 Å². The first-order valence-electron chi connectivity index (χ1n) is 6.84. The van der Waals surface area contributed by atoms with Gasteiger partial charge in [0.1, 0.15) is 17.1 Å². The molecule has 0 aliphatic heterocycles. The molecule has 0 aliphatic carbocycles. The van der Waals surface area contributed by atoms with Gasteiger partial charge in [0.05, 0.1) is 19.4 Å². The normalized spacial score (nSPS) is 10.0. The number of amides is 1. The number of rotatable bonds is 5. The molecule has 0 atom stereocenters. The summed E-state index contributed by atoms with van der Waals surface area (Å²) in [4.78, 5) is 28.0. The fourth-order valence-corrected chi connectivity index (χ4v) is 2.02. The average molecular weight is 335 g/mol. The Bertz CT molecular complexity index is 734. The number of nitrogens with zero attached hydrogens (tertiary/aromatic N) is 1. The van der Waals surface area contributed by atoms with Crippen molar-refractivity contribution in [3.05, 3.63) is 52.8 Å². The molecule has 1 aromatic carbocycles. The highest BCUT2D eigenvalue weighted by atomic mass is 35.5. The van der Waals surface area contributed by atoms with E-state index < -0.39 is 11.9 Å². The van der Waals surface area contributed by atoms with Crippen LogP contribution in [0.5, 0.6) is 5.75 Å². The quantitative estimate of drug-likeness (QED) is 0.850. The Morgan fingerprint density at radius 2 is 1.96 bits per heavy atom. The minimum Gasteiger partial charge on any atom is -0.495 e. The number of benzene rings is 1. The van der Waals surface area contributed by atoms with E-state index in [1.807, 2.05) is 0 Å². The molecule has 2 aromatic rings. The lowest BCUT2D eigenvalue weighted by atomic mass is 10.2. The standard InChI is InChI=1S/C16H15ClN2O4/c1-3-23-16(21)12-6-4-5-11(18-12)15(20)19-13-9-10(17)7-8-14(13)22-2/h4-9H,3H2,1-2H3,(H,19,20). The Morgan fingerprint density at radius 1 is 1.22 bits per heavy atom. The molecule has 1 amide bonds. The Kier molecular flexibility index (Phi) is 5.54. The summed E-state index contributed by atoms with van der Waals surface area (Å²) in [6.07, 6.45) is 0. The van der Waals surface area contributed by atoms with Gasteiger partial charge in [-0.25, -0.2) is 9.78 Å². The van der Waals surface area contributed by atoms with Gasteiger partial charge in [-0.1, -0.05) is 17.7 Å². The summed E-state index contributed by atoms with van der Waals surface area (Å²) < 4.78 is 10.0. The van der Waals surface area contributed by atoms with Gasteiger partial charge in [0.25, 0.3) is 5.91 Å². The van der Waals surface area contributed by atoms with Crippen LogP contribution >= 0.6 is 11.6 Å². The lowest BCUT2D eigenvalue weighted by Gasteiger charge is -2.10. The highest BCUT2D eigenvalue weighted by molar-refractivity contribution is 6.31. The number of aromatic nitrogens is 1. The van der Waals surface area contributed by atoms with Crippen LogP contribution in [0.2, 0.25) is 5.02 Å². The lowest BCUT2D eigenvalue weighted by molar-refractivity contribution is 0.0519. The third kappa shape index (κ3) is 4.20. The van der Waals surface area contributed by atoms with Crippen LogP contribution in [0.15, 0.2) is 36.4 Å². The smallest absolute Gasteiger partial charge is 0.356 e. The Labute approximate surface area is 138 Å². The largest absolute Gasteiger partial charge is 0.495 e. The summed E-state index contributed by atoms with van der Waals surface area (Å²) in [5.41, 5.74) is 0.559. The van der Waals surface area contributed by atoms with Crippen molar-refractivity contribution in [1.82, 2.24) is 4.98 Å². The summed E-state index contributed by atoms with van der Waals surface area (Å²) in [5, 5.41) is 3.11. The van der Waals surface area contributed by atoms with Crippen LogP contribution in [0, 0.1) is 0 Å². The molecule has 7 heteroatoms. The van der Waals surface area contributed by atoms with Crippen molar-refractivity contribution < 1.29 is 19.1 Å². The minimum atomic E-state index is -0.581. The van der Waals surface area contributed by atoms with E-state index in [1.54, 1.807) is 31.2 Å². The van der Waals surface area contributed by atoms with Crippen LogP contribution in [-0.2, 0) is 4.74 Å². The first-order valence-corrected chi connectivity index (χ1v) is 7.22. The van der Waals surface area contributed by atoms with Crippen molar-refractivity contribution >= 4 is 29.2 Å². The second-order valence-electron chi connectivity index (χ2n) is 4.43. The van der Waals surface area contributed by atoms with Gasteiger partial charge in [-0.05, 0) is 37.3 Å². The van der Waals surface area contributed by atoms with Crippen molar-refractivity contribution in [2.24, 2.45) is 0 Å². The highest BCUT2D eigenvalue weighted by Crippen LogP contribution is 2.27. The van der Waals surface area contributed by atoms with Gasteiger partial charge >= 0.3 is 5.97 Å². The summed E-state index contributed by atoms with van der Waals surface area (Å²) in [6.45, 7) is 1.93. The molecule has 0 unspecified atom stereocenters. The number of halogens is 1. The number of methoxy groups -OCH3 is 1. The number of carbonyl (C=O) groups excluding carboxylic acids is 2. The van der Waals surface area contributed by atoms with Crippen LogP contribution in [0.25, 0.3) is 0 Å². The maximum Gasteiger partial charge on any atom is 0.356 e. The topological polar surface area (TPSA) is 77.5 Å². The zero-order valence-electron chi connectivity index (χ0n) is 12.6. The molecule has 0 radical (unpaired) electrons. The van der Waals surface area contributed by atoms with Crippen molar-refractivity contribution in [2.45, 2.75) is 6.92 Å². The van der Waals surface area contributed by atoms with Crippen molar-refractivity contribution in [1.29, 1.82) is 0 Å². The SMILES string of the molecule is CCOC(=O)c1cccc(C(=O)Nc2cc(Cl)ccc2OC)n1. The van der Waals surface area contributed by atoms with E-state index in [0.29, 0.717) is 16.5 Å². The minimum absolute atomic E-state index is 0.0672. The summed E-state index contributed by atoms with van der Waals surface area (Å²) >= 11 is 5.92. The number of pyridine rings is 1. The van der Waals surface area contributed by atoms with Crippen LogP contribution in [0.1, 0.15) is 27.9 Å². The molecule has 23 heavy (non-hydrogen) atoms. The van der Waals surface area contributed by atoms with E-state index in [9.17, 15) is 9.59 Å². The van der Waals surface area contributed by atoms with Gasteiger partial charge in [-0.15, -0.1) is 0 Å². The molecule has 1 N–H and O–H groups in total. The van der Waals surface area contributed by atoms with E-state index in [4.69, 9.17) is 21.1 Å². The third-order valence-electron chi connectivity index (χ3n) is 2.88. The average Bonchev–Trinajstić information content (AvgIpc) is 2.55. The number of nitrogens with one attached hydrogen (secondary N) is 1. The maximum atomic E-state index is 12.3. The molecule has 0 fully saturated rings. The number of ether oxygens (including phenoxy) is 2. The van der Waals surface area contributed by atoms with E-state index in [0.717, 1.165) is 0 Å². The number of esters is 1. The Hall–Kier alpha value is -2.60. The van der Waals surface area contributed by atoms with Gasteiger partial charge in [0.15, 0.2) is 0 Å². The molecule has 120 valence electrons. The van der Waals surface area contributed by atoms with Crippen LogP contribution in [-0.4, -0.2) is 30.6 Å². The van der Waals surface area contributed by atoms with E-state index in [1.165, 1.54) is 19.2 Å². The molecular weight excluding hydrogens is 320 g/mol. The molecule has 0 saturated carbocycles. The summed E-state index contributed by atoms with van der Waals surface area (Å²) in [6, 6.07) is 9.39. The van der Waals surface area contributed by atoms with E-state index >= 15 is 0 Å². The zero-order valence-corrected chi connectivity index (χ0v) is 13.4. The molecule has 0 saturated heterocycles. The van der Waals surface area contributed by atoms with Crippen molar-refractivity contribution in [3.63, 3.8) is 0 Å². The monoisotopic (exact) mass is 334 g/mol. The molecule has 0 bridgehead atoms. The van der Waals surface area contributed by atoms with Crippen molar-refractivity contribution in [3.8, 4) is 5.75 Å². The molecule has 1 aromatic heterocycles. The Morgan fingerprint density at radius 3 is 2.65 bits per heavy atom. The van der Waals surface area contributed by atoms with Crippen LogP contribution < -0.4 is 10.1 Å². The number of carbonyl (C=O) groups is 2. The van der Waals surface area contributed by atoms with Crippen LogP contribution in [0.3, 0.4) is 0 Å². The van der Waals surface area contributed by atoms with Gasteiger partial charge < -0.3 is 14.8 Å². The fourth-order valence-electron chi connectivity index (χ4n) is 1.84. The van der Waals surface area contributed by atoms with Crippen molar-refractivity contribution in [2.75, 3.05) is 19.0 Å². The van der Waals surface area contributed by atoms with Gasteiger partial charge in [0.2, 0.25) is 0 Å². The molecule has 2 rings (SSSR count). The van der Waals surface area contributed by atoms with Gasteiger partial charge in [-0.3, -0.25) is 4.79 Å². The number of hydrogen-bond acceptors (Lipinski definition) is 5. The predicted molar refractivity (Wildman–Crippen MR) is 86.2 cm³/mol. The van der Waals surface area contributed by atoms with E-state index in [2.05, 4.69) is 10.3 Å². The fraction of sp³-hybridized carbons (Fsp3) is 0.188. The second-order valence-corrected chi connectivity index (χ2v) is 4.86. The molecule has 1 heterocycles. The number of hydrogen-bond donors (Lipinski definition) is 1. The predicted octanol–water partition coefficient (Wildman–Crippen LogP) is 3.17.